The molecule has 0 atom stereocenters. The van der Waals surface area contributed by atoms with Crippen molar-refractivity contribution >= 4 is 22.6 Å². The number of nitrogens with zero attached hydrogens (tertiary/aromatic N) is 3. The van der Waals surface area contributed by atoms with E-state index < -0.39 is 0 Å². The number of ether oxygens (including phenoxy) is 3. The Morgan fingerprint density at radius 2 is 1.76 bits per heavy atom. The predicted octanol–water partition coefficient (Wildman–Crippen LogP) is 4.59. The van der Waals surface area contributed by atoms with Crippen molar-refractivity contribution < 1.29 is 27.8 Å². The molecule has 4 aromatic rings. The zero-order chi connectivity index (χ0) is 26.5. The highest BCUT2D eigenvalue weighted by molar-refractivity contribution is 5.92. The summed E-state index contributed by atoms with van der Waals surface area (Å²) in [5, 5.41) is 0.794. The summed E-state index contributed by atoms with van der Waals surface area (Å²) in [5.41, 5.74) is 2.29. The number of aromatic nitrogens is 1. The molecule has 9 heteroatoms. The predicted molar refractivity (Wildman–Crippen MR) is 141 cm³/mol. The van der Waals surface area contributed by atoms with Crippen molar-refractivity contribution in [3.05, 3.63) is 83.6 Å². The highest BCUT2D eigenvalue weighted by atomic mass is 19.1. The van der Waals surface area contributed by atoms with Crippen LogP contribution in [0.3, 0.4) is 0 Å². The number of anilines is 1. The SMILES string of the molecule is COc1ccc(OC)c2nc(N3CCOCC3)c(CN(Cc3ccco3)C(=O)Cc3ccc(F)cc3)cc12. The number of carbonyl (C=O) groups is 1. The van der Waals surface area contributed by atoms with Crippen molar-refractivity contribution in [3.8, 4) is 11.5 Å². The van der Waals surface area contributed by atoms with Crippen molar-refractivity contribution in [2.75, 3.05) is 45.4 Å². The van der Waals surface area contributed by atoms with Gasteiger partial charge < -0.3 is 28.4 Å². The second-order valence-corrected chi connectivity index (χ2v) is 9.07. The number of carbonyl (C=O) groups excluding carboxylic acids is 1. The Labute approximate surface area is 220 Å². The normalized spacial score (nSPS) is 13.5. The van der Waals surface area contributed by atoms with Crippen LogP contribution in [0.25, 0.3) is 10.9 Å². The molecular formula is C29H30FN3O5. The smallest absolute Gasteiger partial charge is 0.227 e. The molecule has 198 valence electrons. The Bertz CT molecular complexity index is 1390. The van der Waals surface area contributed by atoms with E-state index in [4.69, 9.17) is 23.6 Å². The molecule has 0 unspecified atom stereocenters. The molecule has 0 aliphatic carbocycles. The van der Waals surface area contributed by atoms with Gasteiger partial charge in [-0.2, -0.15) is 0 Å². The van der Waals surface area contributed by atoms with E-state index in [-0.39, 0.29) is 31.2 Å². The van der Waals surface area contributed by atoms with Crippen LogP contribution in [-0.2, 0) is 29.0 Å². The second-order valence-electron chi connectivity index (χ2n) is 9.07. The number of benzene rings is 2. The molecule has 3 heterocycles. The van der Waals surface area contributed by atoms with E-state index in [2.05, 4.69) is 4.90 Å². The quantitative estimate of drug-likeness (QED) is 0.320. The molecule has 2 aromatic heterocycles. The lowest BCUT2D eigenvalue weighted by molar-refractivity contribution is -0.132. The van der Waals surface area contributed by atoms with E-state index in [0.717, 1.165) is 22.3 Å². The third kappa shape index (κ3) is 5.57. The first-order valence-corrected chi connectivity index (χ1v) is 12.5. The number of furan rings is 1. The van der Waals surface area contributed by atoms with E-state index in [9.17, 15) is 9.18 Å². The zero-order valence-corrected chi connectivity index (χ0v) is 21.5. The lowest BCUT2D eigenvalue weighted by Crippen LogP contribution is -2.38. The van der Waals surface area contributed by atoms with Gasteiger partial charge in [0.2, 0.25) is 5.91 Å². The maximum absolute atomic E-state index is 13.6. The van der Waals surface area contributed by atoms with Gasteiger partial charge >= 0.3 is 0 Å². The fourth-order valence-corrected chi connectivity index (χ4v) is 4.67. The first-order valence-electron chi connectivity index (χ1n) is 12.5. The van der Waals surface area contributed by atoms with Crippen LogP contribution in [0.4, 0.5) is 10.2 Å². The van der Waals surface area contributed by atoms with E-state index in [1.54, 1.807) is 43.6 Å². The van der Waals surface area contributed by atoms with Gasteiger partial charge in [-0.15, -0.1) is 0 Å². The zero-order valence-electron chi connectivity index (χ0n) is 21.5. The molecule has 0 radical (unpaired) electrons. The van der Waals surface area contributed by atoms with E-state index in [1.807, 2.05) is 24.3 Å². The largest absolute Gasteiger partial charge is 0.496 e. The topological polar surface area (TPSA) is 77.3 Å². The lowest BCUT2D eigenvalue weighted by atomic mass is 10.1. The Hall–Kier alpha value is -4.11. The second kappa shape index (κ2) is 11.5. The van der Waals surface area contributed by atoms with Gasteiger partial charge in [0.05, 0.1) is 46.7 Å². The van der Waals surface area contributed by atoms with Crippen LogP contribution in [0.1, 0.15) is 16.9 Å². The molecule has 1 amide bonds. The van der Waals surface area contributed by atoms with Crippen molar-refractivity contribution in [1.29, 1.82) is 0 Å². The van der Waals surface area contributed by atoms with Crippen molar-refractivity contribution in [2.24, 2.45) is 0 Å². The van der Waals surface area contributed by atoms with Crippen LogP contribution in [-0.4, -0.2) is 56.3 Å². The monoisotopic (exact) mass is 519 g/mol. The number of hydrogen-bond donors (Lipinski definition) is 0. The van der Waals surface area contributed by atoms with Gasteiger partial charge in [-0.3, -0.25) is 4.79 Å². The summed E-state index contributed by atoms with van der Waals surface area (Å²) in [6.07, 6.45) is 1.72. The molecule has 8 nitrogen and oxygen atoms in total. The maximum Gasteiger partial charge on any atom is 0.227 e. The maximum atomic E-state index is 13.6. The molecule has 0 saturated carbocycles. The summed E-state index contributed by atoms with van der Waals surface area (Å²) in [6, 6.07) is 15.3. The minimum Gasteiger partial charge on any atom is -0.496 e. The molecule has 38 heavy (non-hydrogen) atoms. The summed E-state index contributed by atoms with van der Waals surface area (Å²) in [5.74, 6) is 2.29. The van der Waals surface area contributed by atoms with Crippen molar-refractivity contribution in [1.82, 2.24) is 9.88 Å². The average Bonchev–Trinajstić information content (AvgIpc) is 3.46. The Morgan fingerprint density at radius 1 is 1.03 bits per heavy atom. The summed E-state index contributed by atoms with van der Waals surface area (Å²) in [6.45, 7) is 3.11. The molecule has 1 aliphatic rings. The number of rotatable bonds is 9. The van der Waals surface area contributed by atoms with E-state index in [0.29, 0.717) is 49.1 Å². The average molecular weight is 520 g/mol. The van der Waals surface area contributed by atoms with Gasteiger partial charge in [-0.25, -0.2) is 9.37 Å². The van der Waals surface area contributed by atoms with Gasteiger partial charge in [-0.05, 0) is 48.0 Å². The fraction of sp³-hybridized carbons (Fsp3) is 0.310. The molecular weight excluding hydrogens is 489 g/mol. The third-order valence-corrected chi connectivity index (χ3v) is 6.62. The lowest BCUT2D eigenvalue weighted by Gasteiger charge is -2.31. The van der Waals surface area contributed by atoms with Crippen LogP contribution in [0, 0.1) is 5.82 Å². The first-order chi connectivity index (χ1) is 18.6. The number of morpholine rings is 1. The number of methoxy groups -OCH3 is 2. The Balaban J connectivity index is 1.56. The van der Waals surface area contributed by atoms with Gasteiger partial charge in [0.1, 0.15) is 34.4 Å². The molecule has 1 saturated heterocycles. The Kier molecular flexibility index (Phi) is 7.74. The number of halogens is 1. The van der Waals surface area contributed by atoms with Gasteiger partial charge in [0.15, 0.2) is 0 Å². The molecule has 0 N–H and O–H groups in total. The molecule has 2 aromatic carbocycles. The third-order valence-electron chi connectivity index (χ3n) is 6.62. The summed E-state index contributed by atoms with van der Waals surface area (Å²) >= 11 is 0. The highest BCUT2D eigenvalue weighted by Crippen LogP contribution is 2.36. The first kappa shape index (κ1) is 25.5. The number of fused-ring (bicyclic) bond motifs is 1. The van der Waals surface area contributed by atoms with Gasteiger partial charge in [0.25, 0.3) is 0 Å². The van der Waals surface area contributed by atoms with Gasteiger partial charge in [0, 0.05) is 30.6 Å². The van der Waals surface area contributed by atoms with E-state index in [1.165, 1.54) is 12.1 Å². The van der Waals surface area contributed by atoms with Crippen LogP contribution in [0.2, 0.25) is 0 Å². The Morgan fingerprint density at radius 3 is 2.45 bits per heavy atom. The van der Waals surface area contributed by atoms with Crippen LogP contribution in [0.5, 0.6) is 11.5 Å². The number of pyridine rings is 1. The minimum atomic E-state index is -0.338. The fourth-order valence-electron chi connectivity index (χ4n) is 4.67. The summed E-state index contributed by atoms with van der Waals surface area (Å²) in [7, 11) is 3.23. The summed E-state index contributed by atoms with van der Waals surface area (Å²) < 4.78 is 35.8. The van der Waals surface area contributed by atoms with Crippen LogP contribution >= 0.6 is 0 Å². The standard InChI is InChI=1S/C29H30FN3O5/c1-35-25-9-10-26(36-2)28-24(25)17-21(29(31-28)32-11-14-37-15-12-32)18-33(19-23-4-3-13-38-23)27(34)16-20-5-7-22(30)8-6-20/h3-10,13,17H,11-12,14-16,18-19H2,1-2H3. The number of hydrogen-bond acceptors (Lipinski definition) is 7. The van der Waals surface area contributed by atoms with Crippen LogP contribution < -0.4 is 14.4 Å². The van der Waals surface area contributed by atoms with Crippen LogP contribution in [0.15, 0.2) is 65.3 Å². The molecule has 1 aliphatic heterocycles. The molecule has 0 spiro atoms. The van der Waals surface area contributed by atoms with E-state index >= 15 is 0 Å². The molecule has 0 bridgehead atoms. The minimum absolute atomic E-state index is 0.112. The van der Waals surface area contributed by atoms with Crippen molar-refractivity contribution in [2.45, 2.75) is 19.5 Å². The highest BCUT2D eigenvalue weighted by Gasteiger charge is 2.24. The van der Waals surface area contributed by atoms with Crippen molar-refractivity contribution in [3.63, 3.8) is 0 Å². The van der Waals surface area contributed by atoms with Gasteiger partial charge in [-0.1, -0.05) is 12.1 Å². The summed E-state index contributed by atoms with van der Waals surface area (Å²) in [4.78, 5) is 22.5. The molecule has 1 fully saturated rings. The number of amides is 1. The molecule has 5 rings (SSSR count).